The van der Waals surface area contributed by atoms with Crippen LogP contribution in [0.1, 0.15) is 0 Å². The molecule has 1 saturated heterocycles. The van der Waals surface area contributed by atoms with Crippen molar-refractivity contribution in [3.63, 3.8) is 0 Å². The molecule has 0 aliphatic carbocycles. The summed E-state index contributed by atoms with van der Waals surface area (Å²) in [6, 6.07) is 14.1. The quantitative estimate of drug-likeness (QED) is 0.436. The van der Waals surface area contributed by atoms with Crippen molar-refractivity contribution in [2.45, 2.75) is 4.90 Å². The van der Waals surface area contributed by atoms with Gasteiger partial charge in [0.1, 0.15) is 12.1 Å². The first-order valence-corrected chi connectivity index (χ1v) is 12.1. The molecule has 4 aromatic rings. The van der Waals surface area contributed by atoms with Crippen LogP contribution in [0, 0.1) is 0 Å². The van der Waals surface area contributed by atoms with Crippen LogP contribution in [0.3, 0.4) is 0 Å². The van der Waals surface area contributed by atoms with E-state index < -0.39 is 10.0 Å². The van der Waals surface area contributed by atoms with E-state index in [1.54, 1.807) is 10.9 Å². The summed E-state index contributed by atoms with van der Waals surface area (Å²) in [4.78, 5) is 11.1. The van der Waals surface area contributed by atoms with Crippen molar-refractivity contribution < 1.29 is 8.42 Å². The van der Waals surface area contributed by atoms with Gasteiger partial charge in [-0.05, 0) is 30.3 Å². The highest BCUT2D eigenvalue weighted by Gasteiger charge is 2.30. The predicted molar refractivity (Wildman–Crippen MR) is 124 cm³/mol. The van der Waals surface area contributed by atoms with Crippen LogP contribution in [-0.2, 0) is 10.0 Å². The highest BCUT2D eigenvalue weighted by molar-refractivity contribution is 7.89. The molecule has 1 aliphatic heterocycles. The molecule has 0 atom stereocenters. The number of aromatic nitrogens is 4. The number of anilines is 1. The third-order valence-corrected chi connectivity index (χ3v) is 8.05. The van der Waals surface area contributed by atoms with Crippen LogP contribution in [0.4, 0.5) is 5.82 Å². The summed E-state index contributed by atoms with van der Waals surface area (Å²) in [5, 5.41) is 5.84. The third-order valence-electron chi connectivity index (χ3n) is 5.41. The van der Waals surface area contributed by atoms with Gasteiger partial charge in [-0.15, -0.1) is 0 Å². The minimum Gasteiger partial charge on any atom is -0.353 e. The molecule has 1 aliphatic rings. The summed E-state index contributed by atoms with van der Waals surface area (Å²) in [6.45, 7) is 1.62. The van der Waals surface area contributed by atoms with Crippen LogP contribution < -0.4 is 4.90 Å². The summed E-state index contributed by atoms with van der Waals surface area (Å²) < 4.78 is 29.3. The molecule has 8 nitrogen and oxygen atoms in total. The number of fused-ring (bicyclic) bond motifs is 1. The Hall–Kier alpha value is -2.72. The molecule has 1 fully saturated rings. The minimum atomic E-state index is -3.67. The van der Waals surface area contributed by atoms with Crippen molar-refractivity contribution in [2.24, 2.45) is 0 Å². The second-order valence-corrected chi connectivity index (χ2v) is 10.0. The van der Waals surface area contributed by atoms with Crippen LogP contribution >= 0.6 is 23.2 Å². The van der Waals surface area contributed by atoms with E-state index in [4.69, 9.17) is 23.2 Å². The van der Waals surface area contributed by atoms with E-state index in [0.717, 1.165) is 16.9 Å². The molecule has 0 radical (unpaired) electrons. The summed E-state index contributed by atoms with van der Waals surface area (Å²) in [5.74, 6) is 0.740. The van der Waals surface area contributed by atoms with Crippen LogP contribution in [0.15, 0.2) is 66.0 Å². The van der Waals surface area contributed by atoms with E-state index in [1.807, 2.05) is 30.3 Å². The van der Waals surface area contributed by atoms with Crippen molar-refractivity contribution in [1.29, 1.82) is 0 Å². The van der Waals surface area contributed by atoms with Crippen molar-refractivity contribution in [1.82, 2.24) is 24.1 Å². The number of sulfonamides is 1. The predicted octanol–water partition coefficient (Wildman–Crippen LogP) is 3.63. The first-order valence-electron chi connectivity index (χ1n) is 9.89. The number of rotatable bonds is 4. The SMILES string of the molecule is O=S(=O)(c1ccc(Cl)c(Cl)c1)N1CCN(c2ncnc3c2cnn3-c2ccccc2)CC1. The maximum absolute atomic E-state index is 13.0. The van der Waals surface area contributed by atoms with Gasteiger partial charge in [-0.25, -0.2) is 23.1 Å². The minimum absolute atomic E-state index is 0.133. The van der Waals surface area contributed by atoms with Crippen LogP contribution in [0.2, 0.25) is 10.0 Å². The first-order chi connectivity index (χ1) is 15.4. The molecule has 3 heterocycles. The summed E-state index contributed by atoms with van der Waals surface area (Å²) in [5.41, 5.74) is 1.61. The normalized spacial score (nSPS) is 15.4. The Balaban J connectivity index is 1.39. The monoisotopic (exact) mass is 488 g/mol. The van der Waals surface area contributed by atoms with Crippen LogP contribution in [0.5, 0.6) is 0 Å². The van der Waals surface area contributed by atoms with E-state index >= 15 is 0 Å². The second-order valence-electron chi connectivity index (χ2n) is 7.29. The lowest BCUT2D eigenvalue weighted by Gasteiger charge is -2.34. The molecule has 2 aromatic heterocycles. The van der Waals surface area contributed by atoms with Crippen LogP contribution in [-0.4, -0.2) is 58.7 Å². The maximum Gasteiger partial charge on any atom is 0.243 e. The Kier molecular flexibility index (Phi) is 5.50. The molecular weight excluding hydrogens is 471 g/mol. The number of piperazine rings is 1. The molecule has 0 saturated carbocycles. The number of para-hydroxylation sites is 1. The van der Waals surface area contributed by atoms with E-state index in [9.17, 15) is 8.42 Å². The van der Waals surface area contributed by atoms with Gasteiger partial charge in [0, 0.05) is 26.2 Å². The van der Waals surface area contributed by atoms with Crippen LogP contribution in [0.25, 0.3) is 16.7 Å². The Morgan fingerprint density at radius 1 is 0.875 bits per heavy atom. The topological polar surface area (TPSA) is 84.2 Å². The highest BCUT2D eigenvalue weighted by atomic mass is 35.5. The molecule has 0 N–H and O–H groups in total. The average molecular weight is 489 g/mol. The molecule has 11 heteroatoms. The van der Waals surface area contributed by atoms with Gasteiger partial charge < -0.3 is 4.90 Å². The van der Waals surface area contributed by atoms with E-state index in [1.165, 1.54) is 28.8 Å². The van der Waals surface area contributed by atoms with Gasteiger partial charge in [0.15, 0.2) is 5.65 Å². The number of nitrogens with zero attached hydrogens (tertiary/aromatic N) is 6. The van der Waals surface area contributed by atoms with E-state index in [2.05, 4.69) is 20.0 Å². The van der Waals surface area contributed by atoms with E-state index in [0.29, 0.717) is 36.8 Å². The number of hydrogen-bond acceptors (Lipinski definition) is 6. The summed E-state index contributed by atoms with van der Waals surface area (Å²) in [6.07, 6.45) is 3.26. The molecule has 2 aromatic carbocycles. The van der Waals surface area contributed by atoms with E-state index in [-0.39, 0.29) is 9.92 Å². The molecule has 0 spiro atoms. The molecule has 164 valence electrons. The van der Waals surface area contributed by atoms with Crippen molar-refractivity contribution in [2.75, 3.05) is 31.1 Å². The van der Waals surface area contributed by atoms with Gasteiger partial charge in [0.25, 0.3) is 0 Å². The summed E-state index contributed by atoms with van der Waals surface area (Å²) in [7, 11) is -3.67. The van der Waals surface area contributed by atoms with Gasteiger partial charge in [-0.3, -0.25) is 0 Å². The molecule has 0 unspecified atom stereocenters. The first kappa shape index (κ1) is 21.1. The molecular formula is C21H18Cl2N6O2S. The third kappa shape index (κ3) is 3.71. The molecule has 32 heavy (non-hydrogen) atoms. The molecule has 0 bridgehead atoms. The lowest BCUT2D eigenvalue weighted by molar-refractivity contribution is 0.384. The van der Waals surface area contributed by atoms with Crippen molar-refractivity contribution >= 4 is 50.1 Å². The largest absolute Gasteiger partial charge is 0.353 e. The molecule has 0 amide bonds. The average Bonchev–Trinajstić information content (AvgIpc) is 3.26. The number of hydrogen-bond donors (Lipinski definition) is 0. The highest BCUT2D eigenvalue weighted by Crippen LogP contribution is 2.29. The Morgan fingerprint density at radius 3 is 2.34 bits per heavy atom. The van der Waals surface area contributed by atoms with Crippen molar-refractivity contribution in [3.05, 3.63) is 71.1 Å². The van der Waals surface area contributed by atoms with Crippen molar-refractivity contribution in [3.8, 4) is 5.69 Å². The molecule has 5 rings (SSSR count). The van der Waals surface area contributed by atoms with Gasteiger partial charge in [-0.2, -0.15) is 9.40 Å². The fourth-order valence-electron chi connectivity index (χ4n) is 3.77. The van der Waals surface area contributed by atoms with Gasteiger partial charge in [-0.1, -0.05) is 41.4 Å². The number of halogens is 2. The fourth-order valence-corrected chi connectivity index (χ4v) is 5.58. The van der Waals surface area contributed by atoms with Gasteiger partial charge in [0.05, 0.1) is 32.2 Å². The van der Waals surface area contributed by atoms with Gasteiger partial charge in [0.2, 0.25) is 10.0 Å². The zero-order valence-electron chi connectivity index (χ0n) is 16.8. The zero-order chi connectivity index (χ0) is 22.3. The standard InChI is InChI=1S/C21H18Cl2N6O2S/c22-18-7-6-16(12-19(18)23)32(30,31)28-10-8-27(9-11-28)20-17-13-26-29(21(17)25-14-24-20)15-4-2-1-3-5-15/h1-7,12-14H,8-11H2. The Labute approximate surface area is 195 Å². The zero-order valence-corrected chi connectivity index (χ0v) is 19.1. The smallest absolute Gasteiger partial charge is 0.243 e. The fraction of sp³-hybridized carbons (Fsp3) is 0.190. The lowest BCUT2D eigenvalue weighted by atomic mass is 10.3. The number of benzene rings is 2. The lowest BCUT2D eigenvalue weighted by Crippen LogP contribution is -2.49. The summed E-state index contributed by atoms with van der Waals surface area (Å²) >= 11 is 11.9. The van der Waals surface area contributed by atoms with Gasteiger partial charge >= 0.3 is 0 Å². The Morgan fingerprint density at radius 2 is 1.62 bits per heavy atom. The Bertz CT molecular complexity index is 1390. The maximum atomic E-state index is 13.0. The second kappa shape index (κ2) is 8.32.